The van der Waals surface area contributed by atoms with Gasteiger partial charge in [0.15, 0.2) is 0 Å². The van der Waals surface area contributed by atoms with E-state index in [-0.39, 0.29) is 12.5 Å². The van der Waals surface area contributed by atoms with Crippen LogP contribution in [-0.2, 0) is 10.4 Å². The van der Waals surface area contributed by atoms with Gasteiger partial charge >= 0.3 is 0 Å². The first-order valence-corrected chi connectivity index (χ1v) is 6.33. The van der Waals surface area contributed by atoms with E-state index in [4.69, 9.17) is 0 Å². The van der Waals surface area contributed by atoms with E-state index in [1.165, 1.54) is 11.3 Å². The molecule has 0 aliphatic rings. The first kappa shape index (κ1) is 13.2. The standard InChI is InChI=1S/C12H19NO2S/c1-9(2)7-11(14)13-8-12(3,15)10-5-4-6-16-10/h4-6,9,15H,7-8H2,1-3H3,(H,13,14). The molecule has 0 saturated carbocycles. The number of aliphatic hydroxyl groups is 1. The van der Waals surface area contributed by atoms with Crippen LogP contribution in [0.1, 0.15) is 32.1 Å². The van der Waals surface area contributed by atoms with Gasteiger partial charge in [0.1, 0.15) is 5.60 Å². The second kappa shape index (κ2) is 5.46. The molecule has 0 spiro atoms. The Morgan fingerprint density at radius 3 is 2.81 bits per heavy atom. The summed E-state index contributed by atoms with van der Waals surface area (Å²) in [5.41, 5.74) is -0.971. The van der Waals surface area contributed by atoms with E-state index in [9.17, 15) is 9.90 Å². The highest BCUT2D eigenvalue weighted by Gasteiger charge is 2.24. The normalized spacial score (nSPS) is 14.8. The maximum atomic E-state index is 11.5. The Kier molecular flexibility index (Phi) is 4.50. The van der Waals surface area contributed by atoms with Crippen LogP contribution in [0.15, 0.2) is 17.5 Å². The molecule has 16 heavy (non-hydrogen) atoms. The van der Waals surface area contributed by atoms with E-state index >= 15 is 0 Å². The van der Waals surface area contributed by atoms with Gasteiger partial charge in [-0.2, -0.15) is 0 Å². The third-order valence-electron chi connectivity index (χ3n) is 2.28. The minimum Gasteiger partial charge on any atom is -0.383 e. The second-order valence-corrected chi connectivity index (χ2v) is 5.57. The maximum absolute atomic E-state index is 11.5. The Bertz CT molecular complexity index is 331. The van der Waals surface area contributed by atoms with Crippen molar-refractivity contribution in [1.82, 2.24) is 5.32 Å². The molecule has 0 fully saturated rings. The number of hydrogen-bond acceptors (Lipinski definition) is 3. The van der Waals surface area contributed by atoms with Gasteiger partial charge in [0.05, 0.1) is 6.54 Å². The van der Waals surface area contributed by atoms with Crippen molar-refractivity contribution in [3.05, 3.63) is 22.4 Å². The Labute approximate surface area is 100 Å². The second-order valence-electron chi connectivity index (χ2n) is 4.63. The van der Waals surface area contributed by atoms with Gasteiger partial charge < -0.3 is 10.4 Å². The lowest BCUT2D eigenvalue weighted by atomic mass is 10.0. The molecule has 1 aromatic rings. The van der Waals surface area contributed by atoms with Crippen LogP contribution < -0.4 is 5.32 Å². The molecule has 1 amide bonds. The van der Waals surface area contributed by atoms with E-state index in [1.807, 2.05) is 31.4 Å². The molecule has 90 valence electrons. The first-order chi connectivity index (χ1) is 7.42. The molecule has 4 heteroatoms. The average Bonchev–Trinajstić information content (AvgIpc) is 2.67. The molecule has 2 N–H and O–H groups in total. The molecular formula is C12H19NO2S. The van der Waals surface area contributed by atoms with Crippen molar-refractivity contribution in [2.45, 2.75) is 32.8 Å². The van der Waals surface area contributed by atoms with Crippen LogP contribution in [0.5, 0.6) is 0 Å². The average molecular weight is 241 g/mol. The molecule has 0 radical (unpaired) electrons. The van der Waals surface area contributed by atoms with Gasteiger partial charge in [0.2, 0.25) is 5.91 Å². The molecule has 3 nitrogen and oxygen atoms in total. The molecule has 0 aromatic carbocycles. The zero-order chi connectivity index (χ0) is 12.2. The predicted octanol–water partition coefficient (Wildman–Crippen LogP) is 2.12. The van der Waals surface area contributed by atoms with Gasteiger partial charge in [0.25, 0.3) is 0 Å². The van der Waals surface area contributed by atoms with Gasteiger partial charge in [-0.3, -0.25) is 4.79 Å². The van der Waals surface area contributed by atoms with Crippen molar-refractivity contribution < 1.29 is 9.90 Å². The van der Waals surface area contributed by atoms with Crippen LogP contribution in [0.2, 0.25) is 0 Å². The fourth-order valence-electron chi connectivity index (χ4n) is 1.39. The number of amides is 1. The lowest BCUT2D eigenvalue weighted by molar-refractivity contribution is -0.123. The minimum absolute atomic E-state index is 0.00756. The number of carbonyl (C=O) groups excluding carboxylic acids is 1. The summed E-state index contributed by atoms with van der Waals surface area (Å²) in [6, 6.07) is 3.77. The minimum atomic E-state index is -0.971. The molecule has 1 rings (SSSR count). The number of carbonyl (C=O) groups is 1. The molecule has 1 aromatic heterocycles. The molecule has 0 aliphatic heterocycles. The van der Waals surface area contributed by atoms with E-state index in [0.717, 1.165) is 4.88 Å². The summed E-state index contributed by atoms with van der Waals surface area (Å²) in [5.74, 6) is 0.332. The summed E-state index contributed by atoms with van der Waals surface area (Å²) < 4.78 is 0. The van der Waals surface area contributed by atoms with Crippen LogP contribution >= 0.6 is 11.3 Å². The lowest BCUT2D eigenvalue weighted by Crippen LogP contribution is -2.38. The van der Waals surface area contributed by atoms with Crippen molar-refractivity contribution in [3.8, 4) is 0 Å². The van der Waals surface area contributed by atoms with E-state index in [2.05, 4.69) is 5.32 Å². The maximum Gasteiger partial charge on any atom is 0.220 e. The third-order valence-corrected chi connectivity index (χ3v) is 3.40. The van der Waals surface area contributed by atoms with Crippen molar-refractivity contribution in [2.24, 2.45) is 5.92 Å². The topological polar surface area (TPSA) is 49.3 Å². The summed E-state index contributed by atoms with van der Waals surface area (Å²) in [7, 11) is 0. The first-order valence-electron chi connectivity index (χ1n) is 5.45. The lowest BCUT2D eigenvalue weighted by Gasteiger charge is -2.22. The summed E-state index contributed by atoms with van der Waals surface area (Å²) >= 11 is 1.49. The van der Waals surface area contributed by atoms with E-state index < -0.39 is 5.60 Å². The third kappa shape index (κ3) is 3.94. The quantitative estimate of drug-likeness (QED) is 0.829. The summed E-state index contributed by atoms with van der Waals surface area (Å²) in [6.45, 7) is 5.97. The largest absolute Gasteiger partial charge is 0.383 e. The highest BCUT2D eigenvalue weighted by molar-refractivity contribution is 7.10. The van der Waals surface area contributed by atoms with E-state index in [0.29, 0.717) is 12.3 Å². The zero-order valence-corrected chi connectivity index (χ0v) is 10.8. The SMILES string of the molecule is CC(C)CC(=O)NCC(C)(O)c1cccs1. The van der Waals surface area contributed by atoms with Crippen LogP contribution in [0.4, 0.5) is 0 Å². The number of nitrogens with one attached hydrogen (secondary N) is 1. The van der Waals surface area contributed by atoms with Gasteiger partial charge in [-0.1, -0.05) is 19.9 Å². The van der Waals surface area contributed by atoms with Crippen molar-refractivity contribution >= 4 is 17.2 Å². The molecular weight excluding hydrogens is 222 g/mol. The van der Waals surface area contributed by atoms with Gasteiger partial charge in [-0.05, 0) is 24.3 Å². The number of thiophene rings is 1. The van der Waals surface area contributed by atoms with Crippen LogP contribution in [0.3, 0.4) is 0 Å². The Morgan fingerprint density at radius 2 is 2.31 bits per heavy atom. The van der Waals surface area contributed by atoms with Crippen LogP contribution in [0, 0.1) is 5.92 Å². The van der Waals surface area contributed by atoms with Crippen molar-refractivity contribution in [1.29, 1.82) is 0 Å². The Balaban J connectivity index is 2.45. The molecule has 0 aliphatic carbocycles. The van der Waals surface area contributed by atoms with Crippen molar-refractivity contribution in [3.63, 3.8) is 0 Å². The fraction of sp³-hybridized carbons (Fsp3) is 0.583. The highest BCUT2D eigenvalue weighted by Crippen LogP contribution is 2.24. The molecule has 0 saturated heterocycles. The summed E-state index contributed by atoms with van der Waals surface area (Å²) in [6.07, 6.45) is 0.501. The van der Waals surface area contributed by atoms with Gasteiger partial charge in [0, 0.05) is 11.3 Å². The number of rotatable bonds is 5. The Hall–Kier alpha value is -0.870. The summed E-state index contributed by atoms with van der Waals surface area (Å²) in [5, 5.41) is 14.8. The number of hydrogen-bond donors (Lipinski definition) is 2. The van der Waals surface area contributed by atoms with Crippen LogP contribution in [0.25, 0.3) is 0 Å². The highest BCUT2D eigenvalue weighted by atomic mass is 32.1. The van der Waals surface area contributed by atoms with Gasteiger partial charge in [-0.25, -0.2) is 0 Å². The van der Waals surface area contributed by atoms with Gasteiger partial charge in [-0.15, -0.1) is 11.3 Å². The smallest absolute Gasteiger partial charge is 0.220 e. The predicted molar refractivity (Wildman–Crippen MR) is 66.4 cm³/mol. The molecule has 0 bridgehead atoms. The van der Waals surface area contributed by atoms with E-state index in [1.54, 1.807) is 6.92 Å². The summed E-state index contributed by atoms with van der Waals surface area (Å²) in [4.78, 5) is 12.3. The molecule has 1 unspecified atom stereocenters. The van der Waals surface area contributed by atoms with Crippen molar-refractivity contribution in [2.75, 3.05) is 6.54 Å². The Morgan fingerprint density at radius 1 is 1.62 bits per heavy atom. The van der Waals surface area contributed by atoms with Crippen LogP contribution in [-0.4, -0.2) is 17.6 Å². The zero-order valence-electron chi connectivity index (χ0n) is 9.99. The fourth-order valence-corrected chi connectivity index (χ4v) is 2.17. The molecule has 1 heterocycles. The monoisotopic (exact) mass is 241 g/mol. The molecule has 1 atom stereocenters.